The third-order valence-corrected chi connectivity index (χ3v) is 5.78. The molecule has 2 N–H and O–H groups in total. The number of nitrogens with one attached hydrogen (secondary N) is 1. The molecule has 0 aromatic heterocycles. The normalized spacial score (nSPS) is 10.8. The highest BCUT2D eigenvalue weighted by Gasteiger charge is 2.06. The number of carbonyl (C=O) groups is 1. The van der Waals surface area contributed by atoms with Crippen LogP contribution >= 0.6 is 0 Å². The summed E-state index contributed by atoms with van der Waals surface area (Å²) in [6, 6.07) is 14.4. The van der Waals surface area contributed by atoms with Gasteiger partial charge in [-0.2, -0.15) is 0 Å². The van der Waals surface area contributed by atoms with E-state index in [1.54, 1.807) is 36.4 Å². The third kappa shape index (κ3) is 10.8. The highest BCUT2D eigenvalue weighted by Crippen LogP contribution is 2.16. The number of anilines is 1. The number of aliphatic hydroxyl groups is 1. The van der Waals surface area contributed by atoms with Gasteiger partial charge in [0.15, 0.2) is 0 Å². The van der Waals surface area contributed by atoms with Crippen LogP contribution in [0.1, 0.15) is 99.9 Å². The van der Waals surface area contributed by atoms with Gasteiger partial charge >= 0.3 is 0 Å². The van der Waals surface area contributed by atoms with E-state index in [0.717, 1.165) is 24.3 Å². The molecule has 0 heterocycles. The molecular weight excluding hydrogens is 398 g/mol. The molecule has 2 aromatic carbocycles. The van der Waals surface area contributed by atoms with Gasteiger partial charge < -0.3 is 15.2 Å². The Kier molecular flexibility index (Phi) is 13.2. The number of rotatable bonds is 17. The van der Waals surface area contributed by atoms with Crippen LogP contribution in [0.15, 0.2) is 48.5 Å². The molecule has 32 heavy (non-hydrogen) atoms. The fourth-order valence-electron chi connectivity index (χ4n) is 3.73. The van der Waals surface area contributed by atoms with Gasteiger partial charge in [-0.05, 0) is 48.4 Å². The molecule has 0 atom stereocenters. The summed E-state index contributed by atoms with van der Waals surface area (Å²) < 4.78 is 5.82. The van der Waals surface area contributed by atoms with Crippen LogP contribution in [0.5, 0.6) is 5.75 Å². The summed E-state index contributed by atoms with van der Waals surface area (Å²) in [6.45, 7) is 2.99. The SMILES string of the molecule is CCCCCCCCCCCCCCOc1ccc(C(=O)Nc2ccc(CO)cc2)cc1. The molecule has 0 unspecified atom stereocenters. The van der Waals surface area contributed by atoms with Crippen molar-refractivity contribution < 1.29 is 14.6 Å². The molecule has 0 aliphatic carbocycles. The summed E-state index contributed by atoms with van der Waals surface area (Å²) >= 11 is 0. The van der Waals surface area contributed by atoms with Gasteiger partial charge in [0.05, 0.1) is 13.2 Å². The predicted molar refractivity (Wildman–Crippen MR) is 133 cm³/mol. The minimum absolute atomic E-state index is 0.00502. The fraction of sp³-hybridized carbons (Fsp3) is 0.536. The van der Waals surface area contributed by atoms with Crippen molar-refractivity contribution in [3.05, 3.63) is 59.7 Å². The van der Waals surface area contributed by atoms with Gasteiger partial charge in [0.25, 0.3) is 5.91 Å². The lowest BCUT2D eigenvalue weighted by atomic mass is 10.1. The Morgan fingerprint density at radius 2 is 1.28 bits per heavy atom. The molecule has 0 fully saturated rings. The number of hydrogen-bond acceptors (Lipinski definition) is 3. The van der Waals surface area contributed by atoms with Crippen molar-refractivity contribution in [3.63, 3.8) is 0 Å². The molecule has 1 amide bonds. The number of benzene rings is 2. The zero-order valence-electron chi connectivity index (χ0n) is 19.8. The van der Waals surface area contributed by atoms with Crippen molar-refractivity contribution in [3.8, 4) is 5.75 Å². The monoisotopic (exact) mass is 439 g/mol. The largest absolute Gasteiger partial charge is 0.494 e. The summed E-state index contributed by atoms with van der Waals surface area (Å²) in [7, 11) is 0. The number of carbonyl (C=O) groups excluding carboxylic acids is 1. The van der Waals surface area contributed by atoms with Gasteiger partial charge in [-0.3, -0.25) is 4.79 Å². The van der Waals surface area contributed by atoms with E-state index in [1.807, 2.05) is 12.1 Å². The first-order valence-corrected chi connectivity index (χ1v) is 12.5. The first kappa shape index (κ1) is 25.9. The van der Waals surface area contributed by atoms with Crippen molar-refractivity contribution in [2.24, 2.45) is 0 Å². The Morgan fingerprint density at radius 1 is 0.750 bits per heavy atom. The average Bonchev–Trinajstić information content (AvgIpc) is 2.83. The highest BCUT2D eigenvalue weighted by atomic mass is 16.5. The van der Waals surface area contributed by atoms with Crippen molar-refractivity contribution in [2.45, 2.75) is 90.6 Å². The van der Waals surface area contributed by atoms with E-state index in [9.17, 15) is 4.79 Å². The van der Waals surface area contributed by atoms with Gasteiger partial charge in [-0.15, -0.1) is 0 Å². The zero-order chi connectivity index (χ0) is 22.9. The summed E-state index contributed by atoms with van der Waals surface area (Å²) in [5.41, 5.74) is 2.12. The number of unbranched alkanes of at least 4 members (excludes halogenated alkanes) is 11. The van der Waals surface area contributed by atoms with Crippen LogP contribution in [0.25, 0.3) is 0 Å². The number of ether oxygens (including phenoxy) is 1. The molecule has 0 radical (unpaired) electrons. The second-order valence-electron chi connectivity index (χ2n) is 8.57. The van der Waals surface area contributed by atoms with Gasteiger partial charge in [-0.1, -0.05) is 89.7 Å². The van der Waals surface area contributed by atoms with E-state index < -0.39 is 0 Å². The van der Waals surface area contributed by atoms with Gasteiger partial charge in [0, 0.05) is 11.3 Å². The smallest absolute Gasteiger partial charge is 0.255 e. The van der Waals surface area contributed by atoms with Crippen LogP contribution in [0.2, 0.25) is 0 Å². The second kappa shape index (κ2) is 16.3. The molecule has 0 aliphatic heterocycles. The number of amides is 1. The lowest BCUT2D eigenvalue weighted by Gasteiger charge is -2.08. The molecular formula is C28H41NO3. The van der Waals surface area contributed by atoms with Crippen LogP contribution in [0, 0.1) is 0 Å². The summed E-state index contributed by atoms with van der Waals surface area (Å²) in [4.78, 5) is 12.4. The van der Waals surface area contributed by atoms with Crippen LogP contribution in [0.4, 0.5) is 5.69 Å². The lowest BCUT2D eigenvalue weighted by molar-refractivity contribution is 0.102. The van der Waals surface area contributed by atoms with Gasteiger partial charge in [0.2, 0.25) is 0 Å². The highest BCUT2D eigenvalue weighted by molar-refractivity contribution is 6.04. The summed E-state index contributed by atoms with van der Waals surface area (Å²) in [5.74, 6) is 0.645. The quantitative estimate of drug-likeness (QED) is 0.251. The second-order valence-corrected chi connectivity index (χ2v) is 8.57. The van der Waals surface area contributed by atoms with Crippen LogP contribution in [0.3, 0.4) is 0 Å². The molecule has 0 aliphatic rings. The van der Waals surface area contributed by atoms with Crippen LogP contribution in [-0.4, -0.2) is 17.6 Å². The molecule has 4 heteroatoms. The van der Waals surface area contributed by atoms with E-state index in [0.29, 0.717) is 11.3 Å². The Bertz CT molecular complexity index is 740. The fourth-order valence-corrected chi connectivity index (χ4v) is 3.73. The average molecular weight is 440 g/mol. The third-order valence-electron chi connectivity index (χ3n) is 5.78. The predicted octanol–water partition coefficient (Wildman–Crippen LogP) is 7.51. The van der Waals surface area contributed by atoms with E-state index in [2.05, 4.69) is 12.2 Å². The standard InChI is InChI=1S/C28H41NO3/c1-2-3-4-5-6-7-8-9-10-11-12-13-22-32-27-20-16-25(17-21-27)28(31)29-26-18-14-24(23-30)15-19-26/h14-21,30H,2-13,22-23H2,1H3,(H,29,31). The van der Waals surface area contributed by atoms with Gasteiger partial charge in [0.1, 0.15) is 5.75 Å². The summed E-state index contributed by atoms with van der Waals surface area (Å²) in [5, 5.41) is 12.0. The lowest BCUT2D eigenvalue weighted by Crippen LogP contribution is -2.11. The van der Waals surface area contributed by atoms with E-state index in [-0.39, 0.29) is 12.5 Å². The van der Waals surface area contributed by atoms with Crippen LogP contribution in [-0.2, 0) is 6.61 Å². The first-order valence-electron chi connectivity index (χ1n) is 12.5. The van der Waals surface area contributed by atoms with Crippen molar-refractivity contribution in [2.75, 3.05) is 11.9 Å². The number of aliphatic hydroxyl groups excluding tert-OH is 1. The Balaban J connectivity index is 1.52. The summed E-state index contributed by atoms with van der Waals surface area (Å²) in [6.07, 6.45) is 16.0. The first-order chi connectivity index (χ1) is 15.7. The molecule has 0 saturated heterocycles. The molecule has 0 bridgehead atoms. The Morgan fingerprint density at radius 3 is 1.81 bits per heavy atom. The molecule has 0 saturated carbocycles. The molecule has 4 nitrogen and oxygen atoms in total. The van der Waals surface area contributed by atoms with E-state index >= 15 is 0 Å². The van der Waals surface area contributed by atoms with Crippen molar-refractivity contribution in [1.29, 1.82) is 0 Å². The molecule has 0 spiro atoms. The Hall–Kier alpha value is -2.33. The minimum Gasteiger partial charge on any atom is -0.494 e. The maximum Gasteiger partial charge on any atom is 0.255 e. The minimum atomic E-state index is -0.158. The van der Waals surface area contributed by atoms with E-state index in [1.165, 1.54) is 70.6 Å². The Labute approximate surface area is 194 Å². The molecule has 2 rings (SSSR count). The van der Waals surface area contributed by atoms with Crippen molar-refractivity contribution in [1.82, 2.24) is 0 Å². The molecule has 2 aromatic rings. The van der Waals surface area contributed by atoms with Crippen LogP contribution < -0.4 is 10.1 Å². The maximum absolute atomic E-state index is 12.4. The van der Waals surface area contributed by atoms with Crippen molar-refractivity contribution >= 4 is 11.6 Å². The number of hydrogen-bond donors (Lipinski definition) is 2. The van der Waals surface area contributed by atoms with Gasteiger partial charge in [-0.25, -0.2) is 0 Å². The molecule has 176 valence electrons. The topological polar surface area (TPSA) is 58.6 Å². The van der Waals surface area contributed by atoms with E-state index in [4.69, 9.17) is 9.84 Å². The maximum atomic E-state index is 12.4. The zero-order valence-corrected chi connectivity index (χ0v) is 19.8.